The SMILES string of the molecule is N#CCc1ccc(NC(=O)c2ccc(=O)[nH]c2)cc1. The molecule has 2 aromatic rings. The monoisotopic (exact) mass is 253 g/mol. The van der Waals surface area contributed by atoms with Crippen molar-refractivity contribution >= 4 is 11.6 Å². The average molecular weight is 253 g/mol. The summed E-state index contributed by atoms with van der Waals surface area (Å²) in [4.78, 5) is 25.2. The van der Waals surface area contributed by atoms with E-state index in [0.29, 0.717) is 17.7 Å². The Kier molecular flexibility index (Phi) is 3.74. The molecule has 0 saturated heterocycles. The van der Waals surface area contributed by atoms with Crippen LogP contribution < -0.4 is 10.9 Å². The molecule has 0 spiro atoms. The van der Waals surface area contributed by atoms with E-state index in [1.165, 1.54) is 18.3 Å². The number of hydrogen-bond donors (Lipinski definition) is 2. The van der Waals surface area contributed by atoms with Gasteiger partial charge < -0.3 is 10.3 Å². The number of pyridine rings is 1. The number of anilines is 1. The summed E-state index contributed by atoms with van der Waals surface area (Å²) in [5.41, 5.74) is 1.65. The highest BCUT2D eigenvalue weighted by molar-refractivity contribution is 6.03. The van der Waals surface area contributed by atoms with Gasteiger partial charge in [-0.05, 0) is 23.8 Å². The highest BCUT2D eigenvalue weighted by Gasteiger charge is 2.05. The summed E-state index contributed by atoms with van der Waals surface area (Å²) in [5, 5.41) is 11.3. The summed E-state index contributed by atoms with van der Waals surface area (Å²) in [6.07, 6.45) is 1.70. The molecule has 19 heavy (non-hydrogen) atoms. The topological polar surface area (TPSA) is 85.8 Å². The Bertz CT molecular complexity index is 661. The van der Waals surface area contributed by atoms with Gasteiger partial charge in [0.25, 0.3) is 5.91 Å². The molecule has 1 aromatic heterocycles. The van der Waals surface area contributed by atoms with Crippen molar-refractivity contribution in [3.63, 3.8) is 0 Å². The molecule has 94 valence electrons. The van der Waals surface area contributed by atoms with Crippen LogP contribution >= 0.6 is 0 Å². The lowest BCUT2D eigenvalue weighted by atomic mass is 10.1. The predicted molar refractivity (Wildman–Crippen MR) is 70.8 cm³/mol. The van der Waals surface area contributed by atoms with Crippen LogP contribution in [0, 0.1) is 11.3 Å². The molecule has 0 unspecified atom stereocenters. The standard InChI is InChI=1S/C14H11N3O2/c15-8-7-10-1-4-12(5-2-10)17-14(19)11-3-6-13(18)16-9-11/h1-6,9H,7H2,(H,16,18)(H,17,19). The van der Waals surface area contributed by atoms with Crippen LogP contribution in [0.5, 0.6) is 0 Å². The molecular weight excluding hydrogens is 242 g/mol. The molecule has 0 atom stereocenters. The van der Waals surface area contributed by atoms with Crippen molar-refractivity contribution < 1.29 is 4.79 Å². The maximum absolute atomic E-state index is 11.9. The number of nitrogens with one attached hydrogen (secondary N) is 2. The minimum absolute atomic E-state index is 0.252. The molecular formula is C14H11N3O2. The summed E-state index contributed by atoms with van der Waals surface area (Å²) in [7, 11) is 0. The van der Waals surface area contributed by atoms with E-state index >= 15 is 0 Å². The second-order valence-corrected chi connectivity index (χ2v) is 3.93. The van der Waals surface area contributed by atoms with Crippen molar-refractivity contribution in [3.8, 4) is 6.07 Å². The second kappa shape index (κ2) is 5.65. The fraction of sp³-hybridized carbons (Fsp3) is 0.0714. The first-order valence-electron chi connectivity index (χ1n) is 5.65. The molecule has 0 aliphatic rings. The summed E-state index contributed by atoms with van der Waals surface area (Å²) < 4.78 is 0. The first kappa shape index (κ1) is 12.6. The lowest BCUT2D eigenvalue weighted by Gasteiger charge is -2.05. The third-order valence-electron chi connectivity index (χ3n) is 2.54. The highest BCUT2D eigenvalue weighted by atomic mass is 16.1. The molecule has 0 fully saturated rings. The van der Waals surface area contributed by atoms with Crippen LogP contribution in [0.25, 0.3) is 0 Å². The van der Waals surface area contributed by atoms with E-state index in [9.17, 15) is 9.59 Å². The largest absolute Gasteiger partial charge is 0.328 e. The van der Waals surface area contributed by atoms with Gasteiger partial charge in [0, 0.05) is 18.0 Å². The van der Waals surface area contributed by atoms with Crippen molar-refractivity contribution in [3.05, 3.63) is 64.1 Å². The van der Waals surface area contributed by atoms with E-state index in [1.807, 2.05) is 0 Å². The third-order valence-corrected chi connectivity index (χ3v) is 2.54. The number of H-pyrrole nitrogens is 1. The van der Waals surface area contributed by atoms with Gasteiger partial charge in [-0.2, -0.15) is 5.26 Å². The number of nitriles is 1. The number of carbonyl (C=O) groups is 1. The first-order valence-corrected chi connectivity index (χ1v) is 5.65. The van der Waals surface area contributed by atoms with Gasteiger partial charge in [-0.25, -0.2) is 0 Å². The lowest BCUT2D eigenvalue weighted by Crippen LogP contribution is -2.14. The number of nitrogens with zero attached hydrogens (tertiary/aromatic N) is 1. The van der Waals surface area contributed by atoms with Crippen molar-refractivity contribution in [1.82, 2.24) is 4.98 Å². The number of carbonyl (C=O) groups excluding carboxylic acids is 1. The summed E-state index contributed by atoms with van der Waals surface area (Å²) in [5.74, 6) is -0.302. The van der Waals surface area contributed by atoms with Gasteiger partial charge in [0.1, 0.15) is 0 Å². The van der Waals surface area contributed by atoms with Crippen LogP contribution in [0.4, 0.5) is 5.69 Å². The quantitative estimate of drug-likeness (QED) is 0.872. The molecule has 5 nitrogen and oxygen atoms in total. The Morgan fingerprint density at radius 2 is 1.95 bits per heavy atom. The van der Waals surface area contributed by atoms with Gasteiger partial charge in [-0.1, -0.05) is 12.1 Å². The second-order valence-electron chi connectivity index (χ2n) is 3.93. The molecule has 0 radical (unpaired) electrons. The van der Waals surface area contributed by atoms with Crippen molar-refractivity contribution in [2.75, 3.05) is 5.32 Å². The highest BCUT2D eigenvalue weighted by Crippen LogP contribution is 2.11. The fourth-order valence-corrected chi connectivity index (χ4v) is 1.55. The smallest absolute Gasteiger partial charge is 0.257 e. The number of benzene rings is 1. The number of rotatable bonds is 3. The van der Waals surface area contributed by atoms with Gasteiger partial charge in [0.15, 0.2) is 0 Å². The van der Waals surface area contributed by atoms with Crippen LogP contribution in [0.3, 0.4) is 0 Å². The molecule has 0 aliphatic heterocycles. The summed E-state index contributed by atoms with van der Waals surface area (Å²) in [6.45, 7) is 0. The number of aromatic amines is 1. The van der Waals surface area contributed by atoms with E-state index in [-0.39, 0.29) is 11.5 Å². The zero-order valence-electron chi connectivity index (χ0n) is 10.0. The number of amides is 1. The molecule has 0 saturated carbocycles. The fourth-order valence-electron chi connectivity index (χ4n) is 1.55. The van der Waals surface area contributed by atoms with Gasteiger partial charge in [0.05, 0.1) is 18.1 Å². The first-order chi connectivity index (χ1) is 9.19. The Hall–Kier alpha value is -2.87. The predicted octanol–water partition coefficient (Wildman–Crippen LogP) is 1.69. The van der Waals surface area contributed by atoms with Crippen LogP contribution in [-0.2, 0) is 6.42 Å². The van der Waals surface area contributed by atoms with E-state index in [1.54, 1.807) is 24.3 Å². The lowest BCUT2D eigenvalue weighted by molar-refractivity contribution is 0.102. The molecule has 1 heterocycles. The number of hydrogen-bond acceptors (Lipinski definition) is 3. The van der Waals surface area contributed by atoms with Crippen LogP contribution in [0.15, 0.2) is 47.4 Å². The Morgan fingerprint density at radius 1 is 1.21 bits per heavy atom. The normalized spacial score (nSPS) is 9.63. The zero-order valence-corrected chi connectivity index (χ0v) is 10.0. The molecule has 0 aliphatic carbocycles. The minimum atomic E-state index is -0.302. The van der Waals surface area contributed by atoms with Crippen LogP contribution in [0.1, 0.15) is 15.9 Å². The van der Waals surface area contributed by atoms with Gasteiger partial charge in [-0.3, -0.25) is 9.59 Å². The molecule has 2 rings (SSSR count). The van der Waals surface area contributed by atoms with Crippen LogP contribution in [-0.4, -0.2) is 10.9 Å². The zero-order chi connectivity index (χ0) is 13.7. The van der Waals surface area contributed by atoms with E-state index in [2.05, 4.69) is 16.4 Å². The summed E-state index contributed by atoms with van der Waals surface area (Å²) in [6, 6.07) is 11.8. The van der Waals surface area contributed by atoms with E-state index < -0.39 is 0 Å². The molecule has 5 heteroatoms. The molecule has 2 N–H and O–H groups in total. The van der Waals surface area contributed by atoms with Crippen molar-refractivity contribution in [2.45, 2.75) is 6.42 Å². The average Bonchev–Trinajstić information content (AvgIpc) is 2.42. The third kappa shape index (κ3) is 3.30. The molecule has 0 bridgehead atoms. The van der Waals surface area contributed by atoms with Crippen molar-refractivity contribution in [2.24, 2.45) is 0 Å². The maximum atomic E-state index is 11.9. The summed E-state index contributed by atoms with van der Waals surface area (Å²) >= 11 is 0. The molecule has 1 aromatic carbocycles. The van der Waals surface area contributed by atoms with E-state index in [0.717, 1.165) is 5.56 Å². The van der Waals surface area contributed by atoms with Gasteiger partial charge in [0.2, 0.25) is 5.56 Å². The Balaban J connectivity index is 2.08. The minimum Gasteiger partial charge on any atom is -0.328 e. The Morgan fingerprint density at radius 3 is 2.53 bits per heavy atom. The number of aromatic nitrogens is 1. The van der Waals surface area contributed by atoms with Crippen molar-refractivity contribution in [1.29, 1.82) is 5.26 Å². The van der Waals surface area contributed by atoms with Gasteiger partial charge in [-0.15, -0.1) is 0 Å². The van der Waals surface area contributed by atoms with Gasteiger partial charge >= 0.3 is 0 Å². The Labute approximate surface area is 109 Å². The van der Waals surface area contributed by atoms with E-state index in [4.69, 9.17) is 5.26 Å². The maximum Gasteiger partial charge on any atom is 0.257 e. The molecule has 1 amide bonds. The van der Waals surface area contributed by atoms with Crippen LogP contribution in [0.2, 0.25) is 0 Å².